The van der Waals surface area contributed by atoms with Gasteiger partial charge in [0.25, 0.3) is 5.56 Å². The molecule has 0 N–H and O–H groups in total. The Morgan fingerprint density at radius 3 is 2.79 bits per heavy atom. The van der Waals surface area contributed by atoms with Crippen molar-refractivity contribution >= 4 is 16.8 Å². The Morgan fingerprint density at radius 2 is 1.89 bits per heavy atom. The SMILES string of the molecule is O=c1cnc2ncccc2n1Cc1ccc(-c2cnc3ccccn23)cc1F. The molecule has 0 aliphatic heterocycles. The van der Waals surface area contributed by atoms with Crippen molar-refractivity contribution in [3.63, 3.8) is 0 Å². The molecular weight excluding hydrogens is 357 g/mol. The van der Waals surface area contributed by atoms with Crippen molar-refractivity contribution in [3.8, 4) is 11.3 Å². The van der Waals surface area contributed by atoms with Crippen molar-refractivity contribution in [1.29, 1.82) is 0 Å². The first-order valence-corrected chi connectivity index (χ1v) is 8.72. The second-order valence-electron chi connectivity index (χ2n) is 6.41. The Bertz CT molecular complexity index is 1390. The third kappa shape index (κ3) is 2.64. The molecule has 0 saturated heterocycles. The molecule has 4 aromatic heterocycles. The lowest BCUT2D eigenvalue weighted by Gasteiger charge is -2.11. The average Bonchev–Trinajstić information content (AvgIpc) is 3.15. The molecule has 0 radical (unpaired) electrons. The molecule has 1 aromatic carbocycles. The van der Waals surface area contributed by atoms with Crippen LogP contribution in [0.4, 0.5) is 4.39 Å². The number of nitrogens with zero attached hydrogens (tertiary/aromatic N) is 5. The Morgan fingerprint density at radius 1 is 0.964 bits per heavy atom. The highest BCUT2D eigenvalue weighted by Crippen LogP contribution is 2.23. The van der Waals surface area contributed by atoms with Crippen LogP contribution in [0.25, 0.3) is 28.1 Å². The van der Waals surface area contributed by atoms with Crippen LogP contribution >= 0.6 is 0 Å². The minimum absolute atomic E-state index is 0.100. The molecule has 6 nitrogen and oxygen atoms in total. The molecule has 4 heterocycles. The number of hydrogen-bond donors (Lipinski definition) is 0. The molecule has 0 amide bonds. The van der Waals surface area contributed by atoms with Crippen LogP contribution in [0.2, 0.25) is 0 Å². The average molecular weight is 371 g/mol. The molecule has 0 unspecified atom stereocenters. The maximum Gasteiger partial charge on any atom is 0.269 e. The molecule has 0 spiro atoms. The molecule has 136 valence electrons. The van der Waals surface area contributed by atoms with E-state index in [-0.39, 0.29) is 17.9 Å². The smallest absolute Gasteiger partial charge is 0.269 e. The van der Waals surface area contributed by atoms with Gasteiger partial charge in [0.2, 0.25) is 0 Å². The summed E-state index contributed by atoms with van der Waals surface area (Å²) in [5.74, 6) is -0.385. The molecule has 5 rings (SSSR count). The molecule has 0 aliphatic carbocycles. The first-order valence-electron chi connectivity index (χ1n) is 8.72. The summed E-state index contributed by atoms with van der Waals surface area (Å²) >= 11 is 0. The first-order chi connectivity index (χ1) is 13.7. The molecule has 0 saturated carbocycles. The fourth-order valence-corrected chi connectivity index (χ4v) is 3.32. The zero-order valence-corrected chi connectivity index (χ0v) is 14.7. The molecule has 5 aromatic rings. The summed E-state index contributed by atoms with van der Waals surface area (Å²) in [6.45, 7) is 0.100. The van der Waals surface area contributed by atoms with Gasteiger partial charge in [-0.25, -0.2) is 19.3 Å². The monoisotopic (exact) mass is 371 g/mol. The maximum absolute atomic E-state index is 14.9. The van der Waals surface area contributed by atoms with Gasteiger partial charge in [0.1, 0.15) is 11.5 Å². The number of fused-ring (bicyclic) bond motifs is 2. The Labute approximate surface area is 158 Å². The maximum atomic E-state index is 14.9. The van der Waals surface area contributed by atoms with E-state index < -0.39 is 0 Å². The quantitative estimate of drug-likeness (QED) is 0.488. The van der Waals surface area contributed by atoms with E-state index in [0.29, 0.717) is 22.3 Å². The number of halogens is 1. The van der Waals surface area contributed by atoms with E-state index in [1.165, 1.54) is 16.8 Å². The summed E-state index contributed by atoms with van der Waals surface area (Å²) in [4.78, 5) is 24.8. The van der Waals surface area contributed by atoms with Gasteiger partial charge < -0.3 is 0 Å². The minimum Gasteiger partial charge on any atom is -0.300 e. The molecule has 7 heteroatoms. The molecule has 28 heavy (non-hydrogen) atoms. The van der Waals surface area contributed by atoms with Gasteiger partial charge in [-0.05, 0) is 30.3 Å². The van der Waals surface area contributed by atoms with Crippen molar-refractivity contribution in [1.82, 2.24) is 23.9 Å². The van der Waals surface area contributed by atoms with E-state index >= 15 is 0 Å². The lowest BCUT2D eigenvalue weighted by atomic mass is 10.1. The van der Waals surface area contributed by atoms with Crippen molar-refractivity contribution < 1.29 is 4.39 Å². The van der Waals surface area contributed by atoms with Crippen molar-refractivity contribution in [2.45, 2.75) is 6.54 Å². The van der Waals surface area contributed by atoms with Crippen LogP contribution in [0.5, 0.6) is 0 Å². The van der Waals surface area contributed by atoms with Crippen LogP contribution < -0.4 is 5.56 Å². The van der Waals surface area contributed by atoms with Crippen molar-refractivity contribution in [3.05, 3.63) is 95.1 Å². The number of imidazole rings is 1. The van der Waals surface area contributed by atoms with Crippen molar-refractivity contribution in [2.24, 2.45) is 0 Å². The van der Waals surface area contributed by atoms with E-state index in [9.17, 15) is 9.18 Å². The molecule has 0 fully saturated rings. The number of hydrogen-bond acceptors (Lipinski definition) is 4. The van der Waals surface area contributed by atoms with Crippen LogP contribution in [0.3, 0.4) is 0 Å². The fourth-order valence-electron chi connectivity index (χ4n) is 3.32. The summed E-state index contributed by atoms with van der Waals surface area (Å²) in [7, 11) is 0. The summed E-state index contributed by atoms with van der Waals surface area (Å²) in [5, 5.41) is 0. The summed E-state index contributed by atoms with van der Waals surface area (Å²) in [6, 6.07) is 14.2. The number of benzene rings is 1. The highest BCUT2D eigenvalue weighted by molar-refractivity contribution is 5.69. The van der Waals surface area contributed by atoms with E-state index in [1.807, 2.05) is 34.9 Å². The second-order valence-corrected chi connectivity index (χ2v) is 6.41. The van der Waals surface area contributed by atoms with Gasteiger partial charge in [0, 0.05) is 23.5 Å². The van der Waals surface area contributed by atoms with Crippen molar-refractivity contribution in [2.75, 3.05) is 0 Å². The number of aromatic nitrogens is 5. The lowest BCUT2D eigenvalue weighted by Crippen LogP contribution is -2.21. The van der Waals surface area contributed by atoms with Crippen LogP contribution in [-0.2, 0) is 6.54 Å². The molecule has 0 atom stereocenters. The van der Waals surface area contributed by atoms with Crippen LogP contribution in [-0.4, -0.2) is 23.9 Å². The van der Waals surface area contributed by atoms with Gasteiger partial charge in [0.05, 0.1) is 30.1 Å². The van der Waals surface area contributed by atoms with Gasteiger partial charge in [-0.15, -0.1) is 0 Å². The number of pyridine rings is 2. The molecular formula is C21H14FN5O. The topological polar surface area (TPSA) is 65.1 Å². The van der Waals surface area contributed by atoms with Crippen LogP contribution in [0.15, 0.2) is 78.1 Å². The van der Waals surface area contributed by atoms with Crippen LogP contribution in [0.1, 0.15) is 5.56 Å². The van der Waals surface area contributed by atoms with Gasteiger partial charge in [-0.1, -0.05) is 18.2 Å². The standard InChI is InChI=1S/C21H14FN5O/c22-16-10-14(18-11-24-19-5-1-2-9-26(18)19)6-7-15(16)13-27-17-4-3-8-23-21(17)25-12-20(27)28/h1-12H,13H2. The van der Waals surface area contributed by atoms with Gasteiger partial charge in [-0.3, -0.25) is 13.8 Å². The third-order valence-corrected chi connectivity index (χ3v) is 4.71. The largest absolute Gasteiger partial charge is 0.300 e. The molecule has 0 aliphatic rings. The normalized spacial score (nSPS) is 11.3. The zero-order valence-electron chi connectivity index (χ0n) is 14.7. The van der Waals surface area contributed by atoms with E-state index in [0.717, 1.165) is 11.3 Å². The Kier molecular flexibility index (Phi) is 3.72. The molecule has 0 bridgehead atoms. The van der Waals surface area contributed by atoms with Gasteiger partial charge >= 0.3 is 0 Å². The zero-order chi connectivity index (χ0) is 19.1. The lowest BCUT2D eigenvalue weighted by molar-refractivity contribution is 0.599. The highest BCUT2D eigenvalue weighted by Gasteiger charge is 2.12. The van der Waals surface area contributed by atoms with E-state index in [4.69, 9.17) is 0 Å². The van der Waals surface area contributed by atoms with Gasteiger partial charge in [0.15, 0.2) is 5.65 Å². The Balaban J connectivity index is 1.57. The summed E-state index contributed by atoms with van der Waals surface area (Å²) < 4.78 is 18.3. The van der Waals surface area contributed by atoms with E-state index in [1.54, 1.807) is 30.6 Å². The minimum atomic E-state index is -0.385. The van der Waals surface area contributed by atoms with E-state index in [2.05, 4.69) is 15.0 Å². The number of rotatable bonds is 3. The predicted molar refractivity (Wildman–Crippen MR) is 103 cm³/mol. The first kappa shape index (κ1) is 16.3. The highest BCUT2D eigenvalue weighted by atomic mass is 19.1. The fraction of sp³-hybridized carbons (Fsp3) is 0.0476. The van der Waals surface area contributed by atoms with Gasteiger partial charge in [-0.2, -0.15) is 0 Å². The second kappa shape index (κ2) is 6.38. The summed E-state index contributed by atoms with van der Waals surface area (Å²) in [5.41, 5.74) is 3.45. The Hall–Kier alpha value is -3.87. The predicted octanol–water partition coefficient (Wildman–Crippen LogP) is 3.29. The summed E-state index contributed by atoms with van der Waals surface area (Å²) in [6.07, 6.45) is 6.42. The third-order valence-electron chi connectivity index (χ3n) is 4.71. The van der Waals surface area contributed by atoms with Crippen LogP contribution in [0, 0.1) is 5.82 Å².